The molecule has 0 saturated heterocycles. The van der Waals surface area contributed by atoms with E-state index in [0.717, 1.165) is 12.3 Å². The third-order valence-electron chi connectivity index (χ3n) is 4.40. The number of ether oxygens (including phenoxy) is 1. The van der Waals surface area contributed by atoms with Gasteiger partial charge in [-0.25, -0.2) is 0 Å². The fourth-order valence-corrected chi connectivity index (χ4v) is 3.29. The molecule has 1 heterocycles. The van der Waals surface area contributed by atoms with Gasteiger partial charge in [0, 0.05) is 6.20 Å². The number of nitrogens with one attached hydrogen (secondary N) is 1. The maximum Gasteiger partial charge on any atom is 0.137 e. The van der Waals surface area contributed by atoms with E-state index in [1.54, 1.807) is 13.3 Å². The minimum absolute atomic E-state index is 0.429. The molecule has 2 atom stereocenters. The van der Waals surface area contributed by atoms with Gasteiger partial charge in [0.15, 0.2) is 0 Å². The summed E-state index contributed by atoms with van der Waals surface area (Å²) >= 11 is 0. The zero-order valence-corrected chi connectivity index (χ0v) is 12.6. The van der Waals surface area contributed by atoms with Crippen LogP contribution in [0.1, 0.15) is 44.6 Å². The minimum Gasteiger partial charge on any atom is -0.495 e. The van der Waals surface area contributed by atoms with Crippen molar-refractivity contribution < 1.29 is 4.74 Å². The second kappa shape index (κ2) is 5.91. The van der Waals surface area contributed by atoms with Crippen LogP contribution in [0.5, 0.6) is 5.75 Å². The lowest BCUT2D eigenvalue weighted by molar-refractivity contribution is 0.161. The second-order valence-corrected chi connectivity index (χ2v) is 6.49. The van der Waals surface area contributed by atoms with Gasteiger partial charge in [0.25, 0.3) is 0 Å². The first kappa shape index (κ1) is 14.3. The molecular formula is C16H26N2O. The molecule has 1 fully saturated rings. The molecule has 1 aromatic heterocycles. The SMILES string of the molecule is CNCC1CCC(C)(C)CC1c1cncc(OC)c1. The Labute approximate surface area is 116 Å². The van der Waals surface area contributed by atoms with Gasteiger partial charge in [0.05, 0.1) is 13.3 Å². The van der Waals surface area contributed by atoms with Crippen LogP contribution in [0.2, 0.25) is 0 Å². The maximum atomic E-state index is 5.31. The van der Waals surface area contributed by atoms with Crippen LogP contribution in [0.3, 0.4) is 0 Å². The summed E-state index contributed by atoms with van der Waals surface area (Å²) in [6, 6.07) is 2.15. The van der Waals surface area contributed by atoms with E-state index in [2.05, 4.69) is 30.2 Å². The fraction of sp³-hybridized carbons (Fsp3) is 0.688. The van der Waals surface area contributed by atoms with Crippen LogP contribution in [0.25, 0.3) is 0 Å². The third-order valence-corrected chi connectivity index (χ3v) is 4.40. The quantitative estimate of drug-likeness (QED) is 0.904. The lowest BCUT2D eigenvalue weighted by Gasteiger charge is -2.41. The summed E-state index contributed by atoms with van der Waals surface area (Å²) in [5, 5.41) is 3.34. The summed E-state index contributed by atoms with van der Waals surface area (Å²) in [4.78, 5) is 4.33. The average molecular weight is 262 g/mol. The van der Waals surface area contributed by atoms with Crippen LogP contribution in [0.4, 0.5) is 0 Å². The van der Waals surface area contributed by atoms with E-state index < -0.39 is 0 Å². The van der Waals surface area contributed by atoms with Crippen molar-refractivity contribution in [1.29, 1.82) is 0 Å². The van der Waals surface area contributed by atoms with Crippen LogP contribution < -0.4 is 10.1 Å². The van der Waals surface area contributed by atoms with E-state index in [9.17, 15) is 0 Å². The topological polar surface area (TPSA) is 34.2 Å². The fourth-order valence-electron chi connectivity index (χ4n) is 3.29. The molecule has 0 amide bonds. The molecule has 0 aliphatic heterocycles. The maximum absolute atomic E-state index is 5.31. The molecule has 2 unspecified atom stereocenters. The van der Waals surface area contributed by atoms with Gasteiger partial charge in [-0.3, -0.25) is 4.98 Å². The van der Waals surface area contributed by atoms with E-state index in [1.807, 2.05) is 13.2 Å². The monoisotopic (exact) mass is 262 g/mol. The lowest BCUT2D eigenvalue weighted by atomic mass is 9.65. The average Bonchev–Trinajstić information content (AvgIpc) is 2.41. The van der Waals surface area contributed by atoms with Crippen molar-refractivity contribution in [3.8, 4) is 5.75 Å². The molecule has 0 aromatic carbocycles. The zero-order chi connectivity index (χ0) is 13.9. The standard InChI is InChI=1S/C16H26N2O/c1-16(2)6-5-12(9-17-3)15(8-16)13-7-14(19-4)11-18-10-13/h7,10-12,15,17H,5-6,8-9H2,1-4H3. The first-order valence-electron chi connectivity index (χ1n) is 7.19. The van der Waals surface area contributed by atoms with Crippen molar-refractivity contribution in [2.45, 2.75) is 39.0 Å². The molecule has 2 rings (SSSR count). The van der Waals surface area contributed by atoms with Gasteiger partial charge in [-0.05, 0) is 61.7 Å². The second-order valence-electron chi connectivity index (χ2n) is 6.49. The Hall–Kier alpha value is -1.09. The van der Waals surface area contributed by atoms with Crippen LogP contribution in [0, 0.1) is 11.3 Å². The summed E-state index contributed by atoms with van der Waals surface area (Å²) in [5.74, 6) is 2.15. The van der Waals surface area contributed by atoms with E-state index in [0.29, 0.717) is 17.3 Å². The van der Waals surface area contributed by atoms with Crippen molar-refractivity contribution in [3.63, 3.8) is 0 Å². The predicted molar refractivity (Wildman–Crippen MR) is 78.6 cm³/mol. The van der Waals surface area contributed by atoms with Crippen LogP contribution in [0.15, 0.2) is 18.5 Å². The number of hydrogen-bond donors (Lipinski definition) is 1. The summed E-state index contributed by atoms with van der Waals surface area (Å²) in [5.41, 5.74) is 1.75. The first-order valence-corrected chi connectivity index (χ1v) is 7.19. The Bertz CT molecular complexity index is 417. The Morgan fingerprint density at radius 3 is 2.89 bits per heavy atom. The zero-order valence-electron chi connectivity index (χ0n) is 12.6. The van der Waals surface area contributed by atoms with Crippen molar-refractivity contribution in [2.24, 2.45) is 11.3 Å². The number of aromatic nitrogens is 1. The summed E-state index contributed by atoms with van der Waals surface area (Å²) in [6.07, 6.45) is 7.62. The van der Waals surface area contributed by atoms with Gasteiger partial charge in [-0.1, -0.05) is 13.8 Å². The highest BCUT2D eigenvalue weighted by molar-refractivity contribution is 5.27. The molecule has 0 bridgehead atoms. The molecule has 1 saturated carbocycles. The molecule has 3 heteroatoms. The third kappa shape index (κ3) is 3.47. The smallest absolute Gasteiger partial charge is 0.137 e. The Morgan fingerprint density at radius 1 is 1.42 bits per heavy atom. The minimum atomic E-state index is 0.429. The number of pyridine rings is 1. The van der Waals surface area contributed by atoms with E-state index in [4.69, 9.17) is 4.74 Å². The number of rotatable bonds is 4. The Kier molecular flexibility index (Phi) is 4.46. The highest BCUT2D eigenvalue weighted by Crippen LogP contribution is 2.46. The molecule has 1 aliphatic carbocycles. The molecular weight excluding hydrogens is 236 g/mol. The van der Waals surface area contributed by atoms with Crippen LogP contribution >= 0.6 is 0 Å². The molecule has 0 radical (unpaired) electrons. The van der Waals surface area contributed by atoms with E-state index >= 15 is 0 Å². The summed E-state index contributed by atoms with van der Waals surface area (Å²) in [6.45, 7) is 5.84. The first-order chi connectivity index (χ1) is 9.05. The molecule has 1 aromatic rings. The normalized spacial score (nSPS) is 26.1. The predicted octanol–water partition coefficient (Wildman–Crippen LogP) is 3.22. The van der Waals surface area contributed by atoms with Crippen molar-refractivity contribution >= 4 is 0 Å². The van der Waals surface area contributed by atoms with Crippen LogP contribution in [-0.2, 0) is 0 Å². The van der Waals surface area contributed by atoms with Gasteiger partial charge in [0.1, 0.15) is 5.75 Å². The Balaban J connectivity index is 2.25. The highest BCUT2D eigenvalue weighted by Gasteiger charge is 2.35. The number of nitrogens with zero attached hydrogens (tertiary/aromatic N) is 1. The molecule has 0 spiro atoms. The Morgan fingerprint density at radius 2 is 2.21 bits per heavy atom. The van der Waals surface area contributed by atoms with Crippen molar-refractivity contribution in [1.82, 2.24) is 10.3 Å². The van der Waals surface area contributed by atoms with E-state index in [1.165, 1.54) is 24.8 Å². The lowest BCUT2D eigenvalue weighted by Crippen LogP contribution is -2.33. The van der Waals surface area contributed by atoms with Gasteiger partial charge in [-0.2, -0.15) is 0 Å². The van der Waals surface area contributed by atoms with Crippen LogP contribution in [-0.4, -0.2) is 25.7 Å². The van der Waals surface area contributed by atoms with Gasteiger partial charge < -0.3 is 10.1 Å². The molecule has 106 valence electrons. The largest absolute Gasteiger partial charge is 0.495 e. The molecule has 1 aliphatic rings. The van der Waals surface area contributed by atoms with Gasteiger partial charge >= 0.3 is 0 Å². The molecule has 3 nitrogen and oxygen atoms in total. The molecule has 1 N–H and O–H groups in total. The highest BCUT2D eigenvalue weighted by atomic mass is 16.5. The van der Waals surface area contributed by atoms with Gasteiger partial charge in [0.2, 0.25) is 0 Å². The summed E-state index contributed by atoms with van der Waals surface area (Å²) in [7, 11) is 3.75. The van der Waals surface area contributed by atoms with Gasteiger partial charge in [-0.15, -0.1) is 0 Å². The van der Waals surface area contributed by atoms with Crippen molar-refractivity contribution in [2.75, 3.05) is 20.7 Å². The summed E-state index contributed by atoms with van der Waals surface area (Å²) < 4.78 is 5.31. The van der Waals surface area contributed by atoms with Crippen molar-refractivity contribution in [3.05, 3.63) is 24.0 Å². The van der Waals surface area contributed by atoms with E-state index in [-0.39, 0.29) is 0 Å². The molecule has 19 heavy (non-hydrogen) atoms. The number of hydrogen-bond acceptors (Lipinski definition) is 3. The number of methoxy groups -OCH3 is 1.